The lowest BCUT2D eigenvalue weighted by atomic mass is 9.85. The van der Waals surface area contributed by atoms with Crippen molar-refractivity contribution in [3.8, 4) is 44.7 Å². The number of fused-ring (bicyclic) bond motifs is 7. The Balaban J connectivity index is 1.43. The molecule has 0 bridgehead atoms. The van der Waals surface area contributed by atoms with Crippen molar-refractivity contribution >= 4 is 54.5 Å². The van der Waals surface area contributed by atoms with Gasteiger partial charge in [0.15, 0.2) is 0 Å². The summed E-state index contributed by atoms with van der Waals surface area (Å²) in [6, 6.07) is 35.0. The van der Waals surface area contributed by atoms with E-state index in [1.807, 2.05) is 91.0 Å². The smallest absolute Gasteiger partial charge is 0.143 e. The summed E-state index contributed by atoms with van der Waals surface area (Å²) in [6.45, 7) is 0. The molecule has 0 saturated carbocycles. The molecule has 10 rings (SSSR count). The van der Waals surface area contributed by atoms with Gasteiger partial charge in [-0.1, -0.05) is 158 Å². The van der Waals surface area contributed by atoms with E-state index in [9.17, 15) is 5.48 Å². The topological polar surface area (TPSA) is 26.3 Å². The Kier molecular flexibility index (Phi) is 4.41. The molecule has 224 valence electrons. The van der Waals surface area contributed by atoms with Crippen molar-refractivity contribution in [1.29, 1.82) is 0 Å². The quantitative estimate of drug-likeness (QED) is 0.183. The first kappa shape index (κ1) is 20.0. The summed E-state index contributed by atoms with van der Waals surface area (Å²) in [4.78, 5) is 0. The summed E-state index contributed by atoms with van der Waals surface area (Å²) >= 11 is 0. The fourth-order valence-corrected chi connectivity index (χ4v) is 7.14. The zero-order valence-electron chi connectivity index (χ0n) is 33.4. The molecule has 0 spiro atoms. The molecule has 0 radical (unpaired) electrons. The number of benzene rings is 8. The van der Waals surface area contributed by atoms with Gasteiger partial charge in [-0.25, -0.2) is 0 Å². The zero-order chi connectivity index (χ0) is 38.6. The van der Waals surface area contributed by atoms with Crippen LogP contribution in [0.25, 0.3) is 99.2 Å². The third-order valence-corrected chi connectivity index (χ3v) is 9.12. The van der Waals surface area contributed by atoms with Crippen LogP contribution < -0.4 is 0 Å². The van der Waals surface area contributed by atoms with Gasteiger partial charge in [0.25, 0.3) is 0 Å². The third-order valence-electron chi connectivity index (χ3n) is 9.12. The molecule has 0 saturated heterocycles. The normalized spacial score (nSPS) is 14.1. The Morgan fingerprint density at radius 2 is 0.875 bits per heavy atom. The Morgan fingerprint density at radius 1 is 0.375 bits per heavy atom. The molecule has 2 heteroatoms. The molecule has 8 aromatic carbocycles. The third kappa shape index (κ3) is 3.93. The molecular formula is C46H28O2. The number of furan rings is 2. The van der Waals surface area contributed by atoms with Gasteiger partial charge in [0.1, 0.15) is 22.5 Å². The van der Waals surface area contributed by atoms with E-state index in [0.717, 1.165) is 27.5 Å². The lowest BCUT2D eigenvalue weighted by Gasteiger charge is -2.17. The van der Waals surface area contributed by atoms with E-state index < -0.39 is 24.2 Å². The molecule has 48 heavy (non-hydrogen) atoms. The minimum atomic E-state index is -0.458. The van der Waals surface area contributed by atoms with E-state index in [4.69, 9.17) is 14.3 Å². The number of hydrogen-bond donors (Lipinski definition) is 0. The molecule has 0 aliphatic heterocycles. The summed E-state index contributed by atoms with van der Waals surface area (Å²) in [7, 11) is 0. The molecule has 2 aromatic heterocycles. The maximum Gasteiger partial charge on any atom is 0.143 e. The number of rotatable bonds is 4. The van der Waals surface area contributed by atoms with E-state index >= 15 is 0 Å². The highest BCUT2D eigenvalue weighted by Crippen LogP contribution is 2.50. The SMILES string of the molecule is [2H]c1c([2H])c([2H])c2c(-c3cccc4c3oc3ccc5oc(-c6ccccc6)c(-c6ccccc6)c5c34)c3c([2H])c([2H])c([2H])c([2H])c3c(-c3ccccc3)c2c1[2H]. The van der Waals surface area contributed by atoms with Crippen LogP contribution in [0, 0.1) is 0 Å². The summed E-state index contributed by atoms with van der Waals surface area (Å²) in [5.41, 5.74) is 5.84. The van der Waals surface area contributed by atoms with Crippen LogP contribution in [0.15, 0.2) is 179 Å². The minimum Gasteiger partial charge on any atom is -0.455 e. The average Bonchev–Trinajstić information content (AvgIpc) is 3.82. The molecular weight excluding hydrogens is 585 g/mol. The van der Waals surface area contributed by atoms with Gasteiger partial charge in [-0.2, -0.15) is 0 Å². The standard InChI is InChI=1S/C46H28O2/c1-4-15-29(16-5-1)40-32-21-10-12-23-34(32)42(35-24-13-11-22-33(35)40)36-25-14-26-37-43-38(48-46(36)37)27-28-39-44(43)41(30-17-6-2-7-18-30)45(47-39)31-19-8-3-9-20-31/h1-28H/i10D,11D,12D,13D,21D,22D,23D,24D. The van der Waals surface area contributed by atoms with Gasteiger partial charge in [-0.05, 0) is 50.4 Å². The number of hydrogen-bond acceptors (Lipinski definition) is 2. The molecule has 0 unspecified atom stereocenters. The van der Waals surface area contributed by atoms with Gasteiger partial charge >= 0.3 is 0 Å². The minimum absolute atomic E-state index is 0.130. The van der Waals surface area contributed by atoms with Crippen molar-refractivity contribution < 1.29 is 19.8 Å². The van der Waals surface area contributed by atoms with Crippen molar-refractivity contribution in [1.82, 2.24) is 0 Å². The molecule has 0 N–H and O–H groups in total. The highest BCUT2D eigenvalue weighted by atomic mass is 16.3. The summed E-state index contributed by atoms with van der Waals surface area (Å²) < 4.78 is 85.9. The van der Waals surface area contributed by atoms with Crippen molar-refractivity contribution in [3.63, 3.8) is 0 Å². The van der Waals surface area contributed by atoms with Gasteiger partial charge in [0.2, 0.25) is 0 Å². The van der Waals surface area contributed by atoms with Crippen LogP contribution in [-0.2, 0) is 0 Å². The first-order valence-corrected chi connectivity index (χ1v) is 15.7. The van der Waals surface area contributed by atoms with Crippen molar-refractivity contribution in [2.45, 2.75) is 0 Å². The number of para-hydroxylation sites is 1. The first-order chi connectivity index (χ1) is 27.2. The molecule has 0 aliphatic rings. The highest BCUT2D eigenvalue weighted by Gasteiger charge is 2.25. The van der Waals surface area contributed by atoms with Gasteiger partial charge in [0, 0.05) is 38.4 Å². The lowest BCUT2D eigenvalue weighted by molar-refractivity contribution is 0.632. The van der Waals surface area contributed by atoms with E-state index in [1.165, 1.54) is 0 Å². The van der Waals surface area contributed by atoms with Crippen molar-refractivity contribution in [2.24, 2.45) is 0 Å². The Bertz CT molecular complexity index is 3180. The van der Waals surface area contributed by atoms with Gasteiger partial charge < -0.3 is 8.83 Å². The first-order valence-electron chi connectivity index (χ1n) is 19.7. The van der Waals surface area contributed by atoms with Gasteiger partial charge in [-0.15, -0.1) is 0 Å². The fraction of sp³-hybridized carbons (Fsp3) is 0. The predicted octanol–water partition coefficient (Wildman–Crippen LogP) is 13.3. The predicted molar refractivity (Wildman–Crippen MR) is 200 cm³/mol. The summed E-state index contributed by atoms with van der Waals surface area (Å²) in [5.74, 6) is 0.699. The fourth-order valence-electron chi connectivity index (χ4n) is 7.14. The lowest BCUT2D eigenvalue weighted by Crippen LogP contribution is -1.90. The summed E-state index contributed by atoms with van der Waals surface area (Å²) in [5, 5.41) is 2.88. The van der Waals surface area contributed by atoms with Crippen LogP contribution in [-0.4, -0.2) is 0 Å². The largest absolute Gasteiger partial charge is 0.455 e. The maximum atomic E-state index is 9.38. The highest BCUT2D eigenvalue weighted by molar-refractivity contribution is 6.28. The van der Waals surface area contributed by atoms with Crippen LogP contribution >= 0.6 is 0 Å². The van der Waals surface area contributed by atoms with Gasteiger partial charge in [0.05, 0.1) is 11.0 Å². The maximum absolute atomic E-state index is 9.38. The zero-order valence-corrected chi connectivity index (χ0v) is 25.4. The molecule has 0 fully saturated rings. The van der Waals surface area contributed by atoms with E-state index in [0.29, 0.717) is 44.6 Å². The second-order valence-corrected chi connectivity index (χ2v) is 11.8. The molecule has 0 amide bonds. The Labute approximate surface area is 288 Å². The molecule has 10 aromatic rings. The molecule has 2 nitrogen and oxygen atoms in total. The van der Waals surface area contributed by atoms with E-state index in [2.05, 4.69) is 0 Å². The van der Waals surface area contributed by atoms with Crippen LogP contribution in [0.1, 0.15) is 11.0 Å². The monoisotopic (exact) mass is 620 g/mol. The second kappa shape index (κ2) is 10.6. The average molecular weight is 621 g/mol. The van der Waals surface area contributed by atoms with Gasteiger partial charge in [-0.3, -0.25) is 0 Å². The Morgan fingerprint density at radius 3 is 1.46 bits per heavy atom. The second-order valence-electron chi connectivity index (χ2n) is 11.8. The Hall–Kier alpha value is -6.38. The van der Waals surface area contributed by atoms with E-state index in [1.54, 1.807) is 30.3 Å². The van der Waals surface area contributed by atoms with Crippen LogP contribution in [0.3, 0.4) is 0 Å². The van der Waals surface area contributed by atoms with Crippen LogP contribution in [0.5, 0.6) is 0 Å². The van der Waals surface area contributed by atoms with Crippen LogP contribution in [0.2, 0.25) is 0 Å². The molecule has 0 atom stereocenters. The van der Waals surface area contributed by atoms with Crippen molar-refractivity contribution in [2.75, 3.05) is 0 Å². The summed E-state index contributed by atoms with van der Waals surface area (Å²) in [6.07, 6.45) is 0. The van der Waals surface area contributed by atoms with Crippen molar-refractivity contribution in [3.05, 3.63) is 170 Å². The molecule has 2 heterocycles. The molecule has 0 aliphatic carbocycles. The van der Waals surface area contributed by atoms with E-state index in [-0.39, 0.29) is 51.3 Å². The van der Waals surface area contributed by atoms with Crippen LogP contribution in [0.4, 0.5) is 0 Å².